The number of hydrogen-bond donors (Lipinski definition) is 0. The van der Waals surface area contributed by atoms with Gasteiger partial charge in [0.2, 0.25) is 5.95 Å². The summed E-state index contributed by atoms with van der Waals surface area (Å²) in [6.45, 7) is 4.09. The maximum atomic E-state index is 12.3. The van der Waals surface area contributed by atoms with Crippen LogP contribution in [0.5, 0.6) is 0 Å². The Morgan fingerprint density at radius 1 is 1.10 bits per heavy atom. The summed E-state index contributed by atoms with van der Waals surface area (Å²) in [5, 5.41) is 11.7. The average Bonchev–Trinajstić information content (AvgIpc) is 3.41. The standard InChI is InChI=1S/C21H22N6OS2/c1-15-5-7-17(8-6-15)27-19(25-9-3-2-4-10-25)23-24-21(27)30-14-16-13-18(28)26-11-12-29-20(26)22-16/h5-8,11-13H,2-4,9-10,14H2,1H3. The minimum atomic E-state index is -0.0501. The predicted molar refractivity (Wildman–Crippen MR) is 121 cm³/mol. The Morgan fingerprint density at radius 3 is 2.70 bits per heavy atom. The minimum absolute atomic E-state index is 0.0501. The number of benzene rings is 1. The van der Waals surface area contributed by atoms with Gasteiger partial charge in [-0.3, -0.25) is 13.8 Å². The van der Waals surface area contributed by atoms with Crippen LogP contribution in [-0.4, -0.2) is 37.2 Å². The third-order valence-electron chi connectivity index (χ3n) is 5.25. The van der Waals surface area contributed by atoms with Gasteiger partial charge in [0.25, 0.3) is 5.56 Å². The van der Waals surface area contributed by atoms with Gasteiger partial charge in [-0.05, 0) is 38.3 Å². The van der Waals surface area contributed by atoms with Crippen LogP contribution in [0.1, 0.15) is 30.5 Å². The maximum Gasteiger partial charge on any atom is 0.258 e. The highest BCUT2D eigenvalue weighted by atomic mass is 32.2. The first kappa shape index (κ1) is 19.3. The Balaban J connectivity index is 1.48. The molecule has 0 amide bonds. The number of nitrogens with zero attached hydrogens (tertiary/aromatic N) is 6. The molecule has 30 heavy (non-hydrogen) atoms. The van der Waals surface area contributed by atoms with Gasteiger partial charge in [0, 0.05) is 36.5 Å². The molecule has 1 aliphatic heterocycles. The van der Waals surface area contributed by atoms with Crippen LogP contribution in [0.4, 0.5) is 5.95 Å². The van der Waals surface area contributed by atoms with Crippen molar-refractivity contribution in [2.75, 3.05) is 18.0 Å². The predicted octanol–water partition coefficient (Wildman–Crippen LogP) is 3.93. The number of piperidine rings is 1. The molecule has 0 spiro atoms. The molecule has 4 aromatic rings. The number of fused-ring (bicyclic) bond motifs is 1. The lowest BCUT2D eigenvalue weighted by Gasteiger charge is -2.27. The molecule has 4 heterocycles. The molecule has 5 rings (SSSR count). The zero-order valence-electron chi connectivity index (χ0n) is 16.7. The van der Waals surface area contributed by atoms with Crippen LogP contribution in [0, 0.1) is 6.92 Å². The van der Waals surface area contributed by atoms with Gasteiger partial charge in [-0.25, -0.2) is 4.98 Å². The van der Waals surface area contributed by atoms with Crippen molar-refractivity contribution in [3.63, 3.8) is 0 Å². The molecule has 154 valence electrons. The highest BCUT2D eigenvalue weighted by molar-refractivity contribution is 7.98. The smallest absolute Gasteiger partial charge is 0.258 e. The first-order valence-electron chi connectivity index (χ1n) is 10.0. The van der Waals surface area contributed by atoms with Gasteiger partial charge in [0.1, 0.15) is 0 Å². The van der Waals surface area contributed by atoms with Gasteiger partial charge in [0.15, 0.2) is 10.1 Å². The first-order valence-corrected chi connectivity index (χ1v) is 11.9. The summed E-state index contributed by atoms with van der Waals surface area (Å²) in [5.74, 6) is 1.45. The van der Waals surface area contributed by atoms with E-state index in [1.807, 2.05) is 5.38 Å². The third kappa shape index (κ3) is 3.75. The summed E-state index contributed by atoms with van der Waals surface area (Å²) in [5.41, 5.74) is 2.97. The number of hydrogen-bond acceptors (Lipinski definition) is 7. The van der Waals surface area contributed by atoms with Gasteiger partial charge < -0.3 is 4.90 Å². The van der Waals surface area contributed by atoms with Crippen LogP contribution in [-0.2, 0) is 5.75 Å². The number of aryl methyl sites for hydroxylation is 1. The highest BCUT2D eigenvalue weighted by Crippen LogP contribution is 2.30. The molecular weight excluding hydrogens is 416 g/mol. The van der Waals surface area contributed by atoms with Gasteiger partial charge in [-0.15, -0.1) is 21.5 Å². The van der Waals surface area contributed by atoms with Crippen LogP contribution in [0.3, 0.4) is 0 Å². The summed E-state index contributed by atoms with van der Waals surface area (Å²) in [4.78, 5) is 19.9. The second-order valence-electron chi connectivity index (χ2n) is 7.43. The fourth-order valence-corrected chi connectivity index (χ4v) is 5.25. The second kappa shape index (κ2) is 8.23. The van der Waals surface area contributed by atoms with Crippen LogP contribution in [0.2, 0.25) is 0 Å². The van der Waals surface area contributed by atoms with E-state index in [0.29, 0.717) is 10.7 Å². The van der Waals surface area contributed by atoms with E-state index in [1.54, 1.807) is 28.4 Å². The molecule has 0 radical (unpaired) electrons. The Kier molecular flexibility index (Phi) is 5.30. The molecule has 0 N–H and O–H groups in total. The van der Waals surface area contributed by atoms with Crippen molar-refractivity contribution in [1.82, 2.24) is 24.1 Å². The van der Waals surface area contributed by atoms with Crippen molar-refractivity contribution in [3.8, 4) is 5.69 Å². The molecule has 3 aromatic heterocycles. The van der Waals surface area contributed by atoms with Crippen molar-refractivity contribution >= 4 is 34.0 Å². The average molecular weight is 439 g/mol. The molecule has 9 heteroatoms. The largest absolute Gasteiger partial charge is 0.341 e. The lowest BCUT2D eigenvalue weighted by Crippen LogP contribution is -2.31. The zero-order chi connectivity index (χ0) is 20.5. The van der Waals surface area contributed by atoms with Crippen molar-refractivity contribution in [2.45, 2.75) is 37.1 Å². The van der Waals surface area contributed by atoms with E-state index in [-0.39, 0.29) is 5.56 Å². The van der Waals surface area contributed by atoms with E-state index in [2.05, 4.69) is 55.8 Å². The first-order chi connectivity index (χ1) is 14.7. The molecule has 1 saturated heterocycles. The number of aromatic nitrogens is 5. The Labute approximate surface area is 182 Å². The SMILES string of the molecule is Cc1ccc(-n2c(SCc3cc(=O)n4ccsc4n3)nnc2N2CCCCC2)cc1. The van der Waals surface area contributed by atoms with E-state index in [4.69, 9.17) is 0 Å². The highest BCUT2D eigenvalue weighted by Gasteiger charge is 2.21. The molecule has 0 saturated carbocycles. The van der Waals surface area contributed by atoms with E-state index >= 15 is 0 Å². The van der Waals surface area contributed by atoms with Crippen molar-refractivity contribution in [2.24, 2.45) is 0 Å². The molecule has 0 atom stereocenters. The van der Waals surface area contributed by atoms with Crippen LogP contribution < -0.4 is 10.5 Å². The van der Waals surface area contributed by atoms with Gasteiger partial charge >= 0.3 is 0 Å². The fraction of sp³-hybridized carbons (Fsp3) is 0.333. The van der Waals surface area contributed by atoms with Gasteiger partial charge in [0.05, 0.1) is 11.4 Å². The minimum Gasteiger partial charge on any atom is -0.341 e. The molecular formula is C21H22N6OS2. The quantitative estimate of drug-likeness (QED) is 0.440. The monoisotopic (exact) mass is 438 g/mol. The Bertz CT molecular complexity index is 1220. The maximum absolute atomic E-state index is 12.3. The molecule has 1 aromatic carbocycles. The third-order valence-corrected chi connectivity index (χ3v) is 6.97. The molecule has 1 aliphatic rings. The van der Waals surface area contributed by atoms with E-state index in [9.17, 15) is 4.79 Å². The van der Waals surface area contributed by atoms with Gasteiger partial charge in [-0.1, -0.05) is 29.5 Å². The van der Waals surface area contributed by atoms with Crippen LogP contribution >= 0.6 is 23.1 Å². The zero-order valence-corrected chi connectivity index (χ0v) is 18.3. The summed E-state index contributed by atoms with van der Waals surface area (Å²) < 4.78 is 3.70. The van der Waals surface area contributed by atoms with Crippen molar-refractivity contribution in [3.05, 3.63) is 63.5 Å². The molecule has 7 nitrogen and oxygen atoms in total. The molecule has 0 bridgehead atoms. The normalized spacial score (nSPS) is 14.5. The second-order valence-corrected chi connectivity index (χ2v) is 9.25. The Hall–Kier alpha value is -2.65. The number of thioether (sulfide) groups is 1. The lowest BCUT2D eigenvalue weighted by atomic mass is 10.1. The number of rotatable bonds is 5. The lowest BCUT2D eigenvalue weighted by molar-refractivity contribution is 0.564. The van der Waals surface area contributed by atoms with Crippen LogP contribution in [0.25, 0.3) is 10.6 Å². The van der Waals surface area contributed by atoms with E-state index in [1.165, 1.54) is 36.2 Å². The topological polar surface area (TPSA) is 68.3 Å². The summed E-state index contributed by atoms with van der Waals surface area (Å²) in [6.07, 6.45) is 5.38. The fourth-order valence-electron chi connectivity index (χ4n) is 3.67. The summed E-state index contributed by atoms with van der Waals surface area (Å²) in [6, 6.07) is 10.0. The Morgan fingerprint density at radius 2 is 1.90 bits per heavy atom. The van der Waals surface area contributed by atoms with Crippen molar-refractivity contribution in [1.29, 1.82) is 0 Å². The van der Waals surface area contributed by atoms with Crippen LogP contribution in [0.15, 0.2) is 51.9 Å². The van der Waals surface area contributed by atoms with E-state index in [0.717, 1.165) is 35.6 Å². The van der Waals surface area contributed by atoms with Crippen molar-refractivity contribution < 1.29 is 0 Å². The summed E-state index contributed by atoms with van der Waals surface area (Å²) >= 11 is 3.02. The van der Waals surface area contributed by atoms with Gasteiger partial charge in [-0.2, -0.15) is 0 Å². The molecule has 0 unspecified atom stereocenters. The number of thiazole rings is 1. The summed E-state index contributed by atoms with van der Waals surface area (Å²) in [7, 11) is 0. The number of anilines is 1. The molecule has 1 fully saturated rings. The molecule has 0 aliphatic carbocycles. The van der Waals surface area contributed by atoms with E-state index < -0.39 is 0 Å².